The molecule has 0 aliphatic carbocycles. The van der Waals surface area contributed by atoms with Gasteiger partial charge in [-0.1, -0.05) is 135 Å². The van der Waals surface area contributed by atoms with Crippen LogP contribution in [0, 0.1) is 0 Å². The second kappa shape index (κ2) is 17.9. The predicted molar refractivity (Wildman–Crippen MR) is 141 cm³/mol. The predicted octanol–water partition coefficient (Wildman–Crippen LogP) is 10.0. The minimum Gasteiger partial charge on any atom is -0.306 e. The third-order valence-electron chi connectivity index (χ3n) is 6.97. The standard InChI is InChI=1S/C30H50N2/c1-3-5-7-8-9-10-11-12-13-14-15-16-18-22-28(21-17-6-4-2)29-23-19-20-24-30(29)32-26-25-31-27-32/h19-20,23-28H,3-18,21-22H2,1-2H3/t28-/m0/s1. The van der Waals surface area contributed by atoms with Gasteiger partial charge in [-0.2, -0.15) is 0 Å². The number of hydrogen-bond acceptors (Lipinski definition) is 1. The molecular formula is C30H50N2. The topological polar surface area (TPSA) is 17.8 Å². The largest absolute Gasteiger partial charge is 0.306 e. The second-order valence-electron chi connectivity index (χ2n) is 9.75. The molecule has 0 radical (unpaired) electrons. The number of nitrogens with zero attached hydrogens (tertiary/aromatic N) is 2. The van der Waals surface area contributed by atoms with Crippen molar-refractivity contribution in [3.05, 3.63) is 48.5 Å². The van der Waals surface area contributed by atoms with Gasteiger partial charge < -0.3 is 4.57 Å². The number of unbranched alkanes of at least 4 members (excludes halogenated alkanes) is 14. The van der Waals surface area contributed by atoms with Crippen molar-refractivity contribution < 1.29 is 0 Å². The number of aromatic nitrogens is 2. The summed E-state index contributed by atoms with van der Waals surface area (Å²) in [6.45, 7) is 4.61. The van der Waals surface area contributed by atoms with Gasteiger partial charge >= 0.3 is 0 Å². The van der Waals surface area contributed by atoms with Crippen molar-refractivity contribution in [3.8, 4) is 5.69 Å². The van der Waals surface area contributed by atoms with E-state index in [2.05, 4.69) is 53.9 Å². The zero-order valence-electron chi connectivity index (χ0n) is 21.2. The average Bonchev–Trinajstić information content (AvgIpc) is 3.36. The van der Waals surface area contributed by atoms with Gasteiger partial charge in [0.1, 0.15) is 0 Å². The highest BCUT2D eigenvalue weighted by Crippen LogP contribution is 2.32. The summed E-state index contributed by atoms with van der Waals surface area (Å²) in [4.78, 5) is 4.28. The molecule has 0 saturated heterocycles. The lowest BCUT2D eigenvalue weighted by Crippen LogP contribution is -2.05. The molecule has 2 rings (SSSR count). The molecule has 1 aromatic heterocycles. The summed E-state index contributed by atoms with van der Waals surface area (Å²) < 4.78 is 2.19. The molecule has 0 N–H and O–H groups in total. The molecule has 0 amide bonds. The van der Waals surface area contributed by atoms with Crippen LogP contribution in [0.2, 0.25) is 0 Å². The molecule has 0 unspecified atom stereocenters. The Morgan fingerprint density at radius 3 is 1.72 bits per heavy atom. The minimum atomic E-state index is 0.674. The Hall–Kier alpha value is -1.57. The molecule has 0 spiro atoms. The summed E-state index contributed by atoms with van der Waals surface area (Å²) in [5, 5.41) is 0. The number of benzene rings is 1. The lowest BCUT2D eigenvalue weighted by Gasteiger charge is -2.21. The highest BCUT2D eigenvalue weighted by Gasteiger charge is 2.15. The molecule has 0 fully saturated rings. The highest BCUT2D eigenvalue weighted by molar-refractivity contribution is 5.43. The maximum atomic E-state index is 4.28. The third kappa shape index (κ3) is 10.8. The zero-order chi connectivity index (χ0) is 22.7. The maximum Gasteiger partial charge on any atom is 0.0991 e. The Kier molecular flexibility index (Phi) is 14.9. The SMILES string of the molecule is CCCCCCCCCCCCCCC[C@H](CCCCC)c1ccccc1-n1ccnc1. The lowest BCUT2D eigenvalue weighted by atomic mass is 9.87. The van der Waals surface area contributed by atoms with E-state index in [1.807, 2.05) is 12.5 Å². The first-order valence-corrected chi connectivity index (χ1v) is 13.9. The summed E-state index contributed by atoms with van der Waals surface area (Å²) in [5.74, 6) is 0.674. The summed E-state index contributed by atoms with van der Waals surface area (Å²) in [5.41, 5.74) is 2.83. The van der Waals surface area contributed by atoms with Crippen molar-refractivity contribution in [1.82, 2.24) is 9.55 Å². The lowest BCUT2D eigenvalue weighted by molar-refractivity contribution is 0.489. The highest BCUT2D eigenvalue weighted by atomic mass is 15.0. The fraction of sp³-hybridized carbons (Fsp3) is 0.700. The summed E-state index contributed by atoms with van der Waals surface area (Å²) in [7, 11) is 0. The van der Waals surface area contributed by atoms with E-state index in [0.717, 1.165) is 0 Å². The minimum absolute atomic E-state index is 0.674. The first-order chi connectivity index (χ1) is 15.9. The summed E-state index contributed by atoms with van der Waals surface area (Å²) in [6.07, 6.45) is 31.1. The van der Waals surface area contributed by atoms with Crippen molar-refractivity contribution >= 4 is 0 Å². The number of imidazole rings is 1. The molecule has 1 aromatic carbocycles. The molecule has 2 heteroatoms. The maximum absolute atomic E-state index is 4.28. The van der Waals surface area contributed by atoms with E-state index in [9.17, 15) is 0 Å². The number of para-hydroxylation sites is 1. The molecule has 0 aliphatic heterocycles. The second-order valence-corrected chi connectivity index (χ2v) is 9.75. The van der Waals surface area contributed by atoms with Crippen LogP contribution in [0.3, 0.4) is 0 Å². The van der Waals surface area contributed by atoms with Gasteiger partial charge in [0.2, 0.25) is 0 Å². The molecule has 2 nitrogen and oxygen atoms in total. The molecule has 180 valence electrons. The smallest absolute Gasteiger partial charge is 0.0991 e. The van der Waals surface area contributed by atoms with Crippen molar-refractivity contribution in [3.63, 3.8) is 0 Å². The van der Waals surface area contributed by atoms with Gasteiger partial charge in [0.25, 0.3) is 0 Å². The molecule has 0 saturated carbocycles. The van der Waals surface area contributed by atoms with Gasteiger partial charge in [0.05, 0.1) is 6.33 Å². The van der Waals surface area contributed by atoms with Crippen molar-refractivity contribution in [2.75, 3.05) is 0 Å². The monoisotopic (exact) mass is 438 g/mol. The van der Waals surface area contributed by atoms with Crippen LogP contribution in [-0.4, -0.2) is 9.55 Å². The van der Waals surface area contributed by atoms with Gasteiger partial charge in [-0.3, -0.25) is 0 Å². The molecule has 32 heavy (non-hydrogen) atoms. The van der Waals surface area contributed by atoms with Crippen molar-refractivity contribution in [2.24, 2.45) is 0 Å². The zero-order valence-corrected chi connectivity index (χ0v) is 21.2. The average molecular weight is 439 g/mol. The molecule has 1 heterocycles. The van der Waals surface area contributed by atoms with E-state index in [1.165, 1.54) is 127 Å². The Morgan fingerprint density at radius 2 is 1.16 bits per heavy atom. The van der Waals surface area contributed by atoms with Crippen LogP contribution in [0.5, 0.6) is 0 Å². The molecule has 1 atom stereocenters. The van der Waals surface area contributed by atoms with Gasteiger partial charge in [-0.15, -0.1) is 0 Å². The fourth-order valence-electron chi connectivity index (χ4n) is 4.97. The molecular weight excluding hydrogens is 388 g/mol. The van der Waals surface area contributed by atoms with Crippen molar-refractivity contribution in [1.29, 1.82) is 0 Å². The van der Waals surface area contributed by atoms with E-state index in [-0.39, 0.29) is 0 Å². The van der Waals surface area contributed by atoms with E-state index in [4.69, 9.17) is 0 Å². The van der Waals surface area contributed by atoms with Gasteiger partial charge in [0, 0.05) is 18.1 Å². The number of hydrogen-bond donors (Lipinski definition) is 0. The quantitative estimate of drug-likeness (QED) is 0.188. The van der Waals surface area contributed by atoms with Crippen LogP contribution in [0.4, 0.5) is 0 Å². The normalized spacial score (nSPS) is 12.3. The molecule has 0 aliphatic rings. The van der Waals surface area contributed by atoms with Crippen LogP contribution in [0.15, 0.2) is 43.0 Å². The third-order valence-corrected chi connectivity index (χ3v) is 6.97. The van der Waals surface area contributed by atoms with Crippen LogP contribution in [0.1, 0.15) is 141 Å². The van der Waals surface area contributed by atoms with E-state index < -0.39 is 0 Å². The Morgan fingerprint density at radius 1 is 0.656 bits per heavy atom. The Balaban J connectivity index is 1.67. The van der Waals surface area contributed by atoms with E-state index in [1.54, 1.807) is 0 Å². The summed E-state index contributed by atoms with van der Waals surface area (Å²) >= 11 is 0. The Bertz CT molecular complexity index is 661. The fourth-order valence-corrected chi connectivity index (χ4v) is 4.97. The first kappa shape index (κ1) is 26.7. The summed E-state index contributed by atoms with van der Waals surface area (Å²) in [6, 6.07) is 8.99. The van der Waals surface area contributed by atoms with Crippen LogP contribution < -0.4 is 0 Å². The van der Waals surface area contributed by atoms with Crippen LogP contribution in [0.25, 0.3) is 5.69 Å². The molecule has 2 aromatic rings. The first-order valence-electron chi connectivity index (χ1n) is 13.9. The van der Waals surface area contributed by atoms with Crippen molar-refractivity contribution in [2.45, 2.75) is 135 Å². The van der Waals surface area contributed by atoms with E-state index >= 15 is 0 Å². The molecule has 0 bridgehead atoms. The van der Waals surface area contributed by atoms with Gasteiger partial charge in [0.15, 0.2) is 0 Å². The van der Waals surface area contributed by atoms with Crippen LogP contribution in [-0.2, 0) is 0 Å². The van der Waals surface area contributed by atoms with Gasteiger partial charge in [-0.05, 0) is 30.4 Å². The van der Waals surface area contributed by atoms with Gasteiger partial charge in [-0.25, -0.2) is 4.98 Å². The van der Waals surface area contributed by atoms with Crippen LogP contribution >= 0.6 is 0 Å². The number of rotatable bonds is 20. The Labute approximate surface area is 199 Å². The van der Waals surface area contributed by atoms with E-state index in [0.29, 0.717) is 5.92 Å².